The zero-order valence-electron chi connectivity index (χ0n) is 19.1. The lowest BCUT2D eigenvalue weighted by Crippen LogP contribution is -2.48. The van der Waals surface area contributed by atoms with Crippen molar-refractivity contribution in [2.75, 3.05) is 24.9 Å². The standard InChI is InChI=1S/C23H27N5O4S/c1-13(2)19(25-22(30)24-16-10-17(31-4)12-18(11-16)32-5)20(29)26-23-28-27-21(33-23)15-8-6-14(3)7-9-15/h6-13,19H,1-5H3,(H2,24,25,30)(H,26,28,29). The second kappa shape index (κ2) is 10.8. The molecule has 3 amide bonds. The largest absolute Gasteiger partial charge is 0.497 e. The lowest BCUT2D eigenvalue weighted by molar-refractivity contribution is -0.118. The molecule has 0 spiro atoms. The SMILES string of the molecule is COc1cc(NC(=O)NC(C(=O)Nc2nnc(-c3ccc(C)cc3)s2)C(C)C)cc(OC)c1. The van der Waals surface area contributed by atoms with Crippen LogP contribution < -0.4 is 25.4 Å². The Morgan fingerprint density at radius 2 is 1.58 bits per heavy atom. The predicted molar refractivity (Wildman–Crippen MR) is 129 cm³/mol. The van der Waals surface area contributed by atoms with E-state index in [1.807, 2.05) is 45.0 Å². The highest BCUT2D eigenvalue weighted by Crippen LogP contribution is 2.27. The van der Waals surface area contributed by atoms with E-state index >= 15 is 0 Å². The fourth-order valence-electron chi connectivity index (χ4n) is 2.99. The molecule has 10 heteroatoms. The number of anilines is 2. The third kappa shape index (κ3) is 6.42. The third-order valence-electron chi connectivity index (χ3n) is 4.80. The van der Waals surface area contributed by atoms with Gasteiger partial charge in [-0.05, 0) is 12.8 Å². The molecule has 0 fully saturated rings. The summed E-state index contributed by atoms with van der Waals surface area (Å²) >= 11 is 1.27. The molecule has 0 aliphatic rings. The topological polar surface area (TPSA) is 114 Å². The van der Waals surface area contributed by atoms with E-state index in [9.17, 15) is 9.59 Å². The van der Waals surface area contributed by atoms with E-state index < -0.39 is 12.1 Å². The molecule has 174 valence electrons. The van der Waals surface area contributed by atoms with Gasteiger partial charge in [-0.3, -0.25) is 10.1 Å². The summed E-state index contributed by atoms with van der Waals surface area (Å²) in [5.41, 5.74) is 2.54. The average Bonchev–Trinajstić information content (AvgIpc) is 3.25. The molecule has 1 unspecified atom stereocenters. The zero-order valence-corrected chi connectivity index (χ0v) is 19.9. The number of carbonyl (C=O) groups excluding carboxylic acids is 2. The van der Waals surface area contributed by atoms with Crippen LogP contribution in [0.15, 0.2) is 42.5 Å². The molecule has 0 saturated heterocycles. The van der Waals surface area contributed by atoms with Gasteiger partial charge in [-0.1, -0.05) is 55.0 Å². The molecule has 3 N–H and O–H groups in total. The van der Waals surface area contributed by atoms with Gasteiger partial charge >= 0.3 is 6.03 Å². The van der Waals surface area contributed by atoms with Crippen LogP contribution in [0, 0.1) is 12.8 Å². The number of aryl methyl sites for hydroxylation is 1. The predicted octanol–water partition coefficient (Wildman–Crippen LogP) is 4.32. The second-order valence-electron chi connectivity index (χ2n) is 7.69. The molecule has 0 aliphatic heterocycles. The van der Waals surface area contributed by atoms with Crippen molar-refractivity contribution in [3.63, 3.8) is 0 Å². The minimum Gasteiger partial charge on any atom is -0.497 e. The molecule has 33 heavy (non-hydrogen) atoms. The third-order valence-corrected chi connectivity index (χ3v) is 5.69. The average molecular weight is 470 g/mol. The summed E-state index contributed by atoms with van der Waals surface area (Å²) in [5.74, 6) is 0.516. The van der Waals surface area contributed by atoms with Gasteiger partial charge in [-0.2, -0.15) is 0 Å². The van der Waals surface area contributed by atoms with Crippen molar-refractivity contribution in [3.8, 4) is 22.1 Å². The van der Waals surface area contributed by atoms with Crippen molar-refractivity contribution in [2.24, 2.45) is 5.92 Å². The highest BCUT2D eigenvalue weighted by Gasteiger charge is 2.25. The fourth-order valence-corrected chi connectivity index (χ4v) is 3.74. The van der Waals surface area contributed by atoms with E-state index in [4.69, 9.17) is 9.47 Å². The summed E-state index contributed by atoms with van der Waals surface area (Å²) in [6.07, 6.45) is 0. The van der Waals surface area contributed by atoms with Crippen molar-refractivity contribution in [3.05, 3.63) is 48.0 Å². The first kappa shape index (κ1) is 24.0. The number of amides is 3. The Morgan fingerprint density at radius 3 is 2.15 bits per heavy atom. The number of ether oxygens (including phenoxy) is 2. The van der Waals surface area contributed by atoms with Crippen LogP contribution in [-0.2, 0) is 4.79 Å². The maximum Gasteiger partial charge on any atom is 0.319 e. The second-order valence-corrected chi connectivity index (χ2v) is 8.67. The summed E-state index contributed by atoms with van der Waals surface area (Å²) in [7, 11) is 3.05. The molecule has 3 rings (SSSR count). The summed E-state index contributed by atoms with van der Waals surface area (Å²) in [5, 5.41) is 17.5. The van der Waals surface area contributed by atoms with Crippen LogP contribution in [0.4, 0.5) is 15.6 Å². The van der Waals surface area contributed by atoms with Crippen LogP contribution in [0.25, 0.3) is 10.6 Å². The van der Waals surface area contributed by atoms with Gasteiger partial charge in [0, 0.05) is 29.4 Å². The van der Waals surface area contributed by atoms with Crippen LogP contribution in [0.3, 0.4) is 0 Å². The summed E-state index contributed by atoms with van der Waals surface area (Å²) in [6.45, 7) is 5.70. The zero-order chi connectivity index (χ0) is 24.0. The lowest BCUT2D eigenvalue weighted by Gasteiger charge is -2.21. The Morgan fingerprint density at radius 1 is 0.939 bits per heavy atom. The molecule has 3 aromatic rings. The van der Waals surface area contributed by atoms with E-state index in [1.165, 1.54) is 25.6 Å². The maximum atomic E-state index is 12.9. The Labute approximate surface area is 196 Å². The fraction of sp³-hybridized carbons (Fsp3) is 0.304. The molecule has 0 bridgehead atoms. The molecule has 2 aromatic carbocycles. The molecular weight excluding hydrogens is 442 g/mol. The number of methoxy groups -OCH3 is 2. The van der Waals surface area contributed by atoms with Gasteiger partial charge in [0.15, 0.2) is 0 Å². The van der Waals surface area contributed by atoms with E-state index in [-0.39, 0.29) is 11.8 Å². The Balaban J connectivity index is 1.66. The molecule has 1 atom stereocenters. The normalized spacial score (nSPS) is 11.6. The first-order chi connectivity index (χ1) is 15.8. The number of aromatic nitrogens is 2. The lowest BCUT2D eigenvalue weighted by atomic mass is 10.0. The minimum absolute atomic E-state index is 0.167. The van der Waals surface area contributed by atoms with E-state index in [1.54, 1.807) is 18.2 Å². The Bertz CT molecular complexity index is 1090. The van der Waals surface area contributed by atoms with Gasteiger partial charge in [0.05, 0.1) is 14.2 Å². The van der Waals surface area contributed by atoms with Gasteiger partial charge in [0.1, 0.15) is 22.5 Å². The molecule has 0 aliphatic carbocycles. The van der Waals surface area contributed by atoms with Gasteiger partial charge in [-0.15, -0.1) is 10.2 Å². The van der Waals surface area contributed by atoms with Gasteiger partial charge in [0.2, 0.25) is 11.0 Å². The van der Waals surface area contributed by atoms with E-state index in [0.29, 0.717) is 27.3 Å². The molecule has 1 heterocycles. The number of benzene rings is 2. The molecule has 9 nitrogen and oxygen atoms in total. The van der Waals surface area contributed by atoms with Crippen LogP contribution in [0.2, 0.25) is 0 Å². The van der Waals surface area contributed by atoms with E-state index in [0.717, 1.165) is 11.1 Å². The van der Waals surface area contributed by atoms with Crippen molar-refractivity contribution in [1.29, 1.82) is 0 Å². The van der Waals surface area contributed by atoms with Crippen LogP contribution >= 0.6 is 11.3 Å². The summed E-state index contributed by atoms with van der Waals surface area (Å²) < 4.78 is 10.4. The van der Waals surface area contributed by atoms with E-state index in [2.05, 4.69) is 26.1 Å². The summed E-state index contributed by atoms with van der Waals surface area (Å²) in [4.78, 5) is 25.5. The van der Waals surface area contributed by atoms with Gasteiger partial charge in [0.25, 0.3) is 0 Å². The van der Waals surface area contributed by atoms with Crippen molar-refractivity contribution in [1.82, 2.24) is 15.5 Å². The number of nitrogens with zero attached hydrogens (tertiary/aromatic N) is 2. The number of nitrogens with one attached hydrogen (secondary N) is 3. The maximum absolute atomic E-state index is 12.9. The molecule has 1 aromatic heterocycles. The molecular formula is C23H27N5O4S. The Hall–Kier alpha value is -3.66. The monoisotopic (exact) mass is 469 g/mol. The molecule has 0 saturated carbocycles. The van der Waals surface area contributed by atoms with Crippen LogP contribution in [-0.4, -0.2) is 42.4 Å². The summed E-state index contributed by atoms with van der Waals surface area (Å²) in [6, 6.07) is 11.6. The number of carbonyl (C=O) groups is 2. The van der Waals surface area contributed by atoms with Crippen LogP contribution in [0.5, 0.6) is 11.5 Å². The number of hydrogen-bond donors (Lipinski definition) is 3. The van der Waals surface area contributed by atoms with Crippen LogP contribution in [0.1, 0.15) is 19.4 Å². The number of rotatable bonds is 8. The van der Waals surface area contributed by atoms with Crippen molar-refractivity contribution < 1.29 is 19.1 Å². The number of urea groups is 1. The first-order valence-corrected chi connectivity index (χ1v) is 11.1. The first-order valence-electron chi connectivity index (χ1n) is 10.3. The van der Waals surface area contributed by atoms with Crippen molar-refractivity contribution >= 4 is 34.1 Å². The molecule has 0 radical (unpaired) electrons. The smallest absolute Gasteiger partial charge is 0.319 e. The highest BCUT2D eigenvalue weighted by molar-refractivity contribution is 7.18. The van der Waals surface area contributed by atoms with Crippen molar-refractivity contribution in [2.45, 2.75) is 26.8 Å². The minimum atomic E-state index is -0.788. The Kier molecular flexibility index (Phi) is 7.83. The highest BCUT2D eigenvalue weighted by atomic mass is 32.1. The van der Waals surface area contributed by atoms with Gasteiger partial charge < -0.3 is 20.1 Å². The number of hydrogen-bond acceptors (Lipinski definition) is 7. The van der Waals surface area contributed by atoms with Gasteiger partial charge in [-0.25, -0.2) is 4.79 Å². The quantitative estimate of drug-likeness (QED) is 0.453.